The first-order chi connectivity index (χ1) is 9.24. The third-order valence-electron chi connectivity index (χ3n) is 1.87. The van der Waals surface area contributed by atoms with Gasteiger partial charge in [-0.2, -0.15) is 13.2 Å². The quantitative estimate of drug-likeness (QED) is 0.316. The molecule has 0 spiro atoms. The van der Waals surface area contributed by atoms with E-state index in [-0.39, 0.29) is 5.57 Å². The van der Waals surface area contributed by atoms with E-state index in [2.05, 4.69) is 11.3 Å². The van der Waals surface area contributed by atoms with Crippen LogP contribution in [0, 0.1) is 0 Å². The van der Waals surface area contributed by atoms with Gasteiger partial charge in [-0.1, -0.05) is 6.58 Å². The summed E-state index contributed by atoms with van der Waals surface area (Å²) in [5.74, 6) is -7.26. The molecule has 1 N–H and O–H groups in total. The highest BCUT2D eigenvalue weighted by molar-refractivity contribution is 7.89. The molecule has 11 heteroatoms. The molecule has 0 heterocycles. The summed E-state index contributed by atoms with van der Waals surface area (Å²) in [7, 11) is -4.64. The lowest BCUT2D eigenvalue weighted by molar-refractivity contribution is -0.181. The number of rotatable bonds is 8. The predicted octanol–water partition coefficient (Wildman–Crippen LogP) is 1.61. The van der Waals surface area contributed by atoms with Crippen LogP contribution in [-0.2, 0) is 19.6 Å². The normalized spacial score (nSPS) is 13.0. The van der Waals surface area contributed by atoms with Crippen molar-refractivity contribution in [2.24, 2.45) is 0 Å². The smallest absolute Gasteiger partial charge is 0.394 e. The molecule has 21 heavy (non-hydrogen) atoms. The van der Waals surface area contributed by atoms with Crippen LogP contribution in [0.3, 0.4) is 0 Å². The molecule has 0 aromatic carbocycles. The molecule has 0 unspecified atom stereocenters. The van der Waals surface area contributed by atoms with Crippen molar-refractivity contribution >= 4 is 16.0 Å². The number of nitrogens with one attached hydrogen (secondary N) is 1. The summed E-state index contributed by atoms with van der Waals surface area (Å²) in [4.78, 5) is 10.9. The van der Waals surface area contributed by atoms with Crippen LogP contribution >= 0.6 is 0 Å². The van der Waals surface area contributed by atoms with Crippen molar-refractivity contribution in [1.82, 2.24) is 4.72 Å². The number of ether oxygens (including phenoxy) is 1. The molecular formula is C10H14F5NO4S. The molecule has 0 atom stereocenters. The van der Waals surface area contributed by atoms with E-state index in [0.29, 0.717) is 0 Å². The van der Waals surface area contributed by atoms with Gasteiger partial charge in [-0.3, -0.25) is 0 Å². The zero-order valence-corrected chi connectivity index (χ0v) is 11.8. The fourth-order valence-corrected chi connectivity index (χ4v) is 2.29. The maximum absolute atomic E-state index is 12.9. The van der Waals surface area contributed by atoms with Crippen LogP contribution in [0.2, 0.25) is 0 Å². The van der Waals surface area contributed by atoms with Gasteiger partial charge in [0.15, 0.2) is 0 Å². The Morgan fingerprint density at radius 3 is 2.19 bits per heavy atom. The minimum absolute atomic E-state index is 0.0505. The largest absolute Gasteiger partial charge is 0.461 e. The van der Waals surface area contributed by atoms with Crippen LogP contribution in [0.1, 0.15) is 13.3 Å². The Hall–Kier alpha value is -1.23. The van der Waals surface area contributed by atoms with E-state index in [1.165, 1.54) is 6.92 Å². The zero-order valence-electron chi connectivity index (χ0n) is 11.0. The third-order valence-corrected chi connectivity index (χ3v) is 3.31. The van der Waals surface area contributed by atoms with Crippen molar-refractivity contribution < 1.29 is 39.9 Å². The van der Waals surface area contributed by atoms with Crippen molar-refractivity contribution in [2.45, 2.75) is 25.4 Å². The number of hydrogen-bond acceptors (Lipinski definition) is 4. The SMILES string of the molecule is C=C(C)C(=O)OCCNS(=O)(=O)CC(F)(F)CC(F)(F)F. The molecule has 124 valence electrons. The van der Waals surface area contributed by atoms with Crippen molar-refractivity contribution in [3.8, 4) is 0 Å². The Morgan fingerprint density at radius 2 is 1.76 bits per heavy atom. The van der Waals surface area contributed by atoms with E-state index >= 15 is 0 Å². The maximum Gasteiger partial charge on any atom is 0.394 e. The van der Waals surface area contributed by atoms with Crippen molar-refractivity contribution in [1.29, 1.82) is 0 Å². The molecule has 5 nitrogen and oxygen atoms in total. The second-order valence-electron chi connectivity index (χ2n) is 4.22. The predicted molar refractivity (Wildman–Crippen MR) is 63.2 cm³/mol. The van der Waals surface area contributed by atoms with Gasteiger partial charge in [0.25, 0.3) is 5.92 Å². The van der Waals surface area contributed by atoms with Gasteiger partial charge in [-0.25, -0.2) is 26.7 Å². The van der Waals surface area contributed by atoms with E-state index in [1.54, 1.807) is 4.72 Å². The number of hydrogen-bond donors (Lipinski definition) is 1. The van der Waals surface area contributed by atoms with Crippen LogP contribution in [-0.4, -0.2) is 45.4 Å². The van der Waals surface area contributed by atoms with E-state index in [0.717, 1.165) is 0 Å². The van der Waals surface area contributed by atoms with Crippen LogP contribution < -0.4 is 4.72 Å². The van der Waals surface area contributed by atoms with Gasteiger partial charge in [0.2, 0.25) is 10.0 Å². The van der Waals surface area contributed by atoms with Gasteiger partial charge in [0, 0.05) is 12.1 Å². The first-order valence-corrected chi connectivity index (χ1v) is 7.14. The molecule has 0 aromatic rings. The molecule has 0 saturated carbocycles. The molecule has 0 fully saturated rings. The lowest BCUT2D eigenvalue weighted by Gasteiger charge is -2.18. The summed E-state index contributed by atoms with van der Waals surface area (Å²) >= 11 is 0. The number of halogens is 5. The number of esters is 1. The van der Waals surface area contributed by atoms with Gasteiger partial charge < -0.3 is 4.74 Å². The summed E-state index contributed by atoms with van der Waals surface area (Å²) < 4.78 is 89.8. The topological polar surface area (TPSA) is 72.5 Å². The molecule has 0 aromatic heterocycles. The highest BCUT2D eigenvalue weighted by atomic mass is 32.2. The van der Waals surface area contributed by atoms with E-state index in [4.69, 9.17) is 0 Å². The average Bonchev–Trinajstić information content (AvgIpc) is 2.18. The number of carbonyl (C=O) groups excluding carboxylic acids is 1. The lowest BCUT2D eigenvalue weighted by Crippen LogP contribution is -2.39. The second kappa shape index (κ2) is 7.16. The molecule has 0 aliphatic heterocycles. The summed E-state index contributed by atoms with van der Waals surface area (Å²) in [5, 5.41) is 0. The lowest BCUT2D eigenvalue weighted by atomic mass is 10.3. The van der Waals surface area contributed by atoms with Crippen LogP contribution in [0.5, 0.6) is 0 Å². The van der Waals surface area contributed by atoms with Gasteiger partial charge in [0.1, 0.15) is 18.8 Å². The molecule has 0 rings (SSSR count). The Morgan fingerprint density at radius 1 is 1.24 bits per heavy atom. The van der Waals surface area contributed by atoms with E-state index < -0.39 is 53.4 Å². The molecule has 0 amide bonds. The molecule has 0 bridgehead atoms. The highest BCUT2D eigenvalue weighted by Crippen LogP contribution is 2.32. The third kappa shape index (κ3) is 10.2. The zero-order chi connectivity index (χ0) is 16.9. The average molecular weight is 339 g/mol. The number of carbonyl (C=O) groups is 1. The van der Waals surface area contributed by atoms with Crippen molar-refractivity contribution in [3.63, 3.8) is 0 Å². The van der Waals surface area contributed by atoms with E-state index in [1.807, 2.05) is 0 Å². The Balaban J connectivity index is 4.32. The highest BCUT2D eigenvalue weighted by Gasteiger charge is 2.46. The van der Waals surface area contributed by atoms with Crippen LogP contribution in [0.15, 0.2) is 12.2 Å². The molecular weight excluding hydrogens is 325 g/mol. The van der Waals surface area contributed by atoms with Crippen LogP contribution in [0.25, 0.3) is 0 Å². The van der Waals surface area contributed by atoms with Crippen molar-refractivity contribution in [2.75, 3.05) is 18.9 Å². The fraction of sp³-hybridized carbons (Fsp3) is 0.700. The molecule has 0 aliphatic rings. The number of sulfonamides is 1. The van der Waals surface area contributed by atoms with Gasteiger partial charge >= 0.3 is 12.1 Å². The minimum Gasteiger partial charge on any atom is -0.461 e. The fourth-order valence-electron chi connectivity index (χ4n) is 1.14. The summed E-state index contributed by atoms with van der Waals surface area (Å²) in [5.41, 5.74) is 0.0505. The molecule has 0 aliphatic carbocycles. The van der Waals surface area contributed by atoms with Gasteiger partial charge in [-0.15, -0.1) is 0 Å². The minimum atomic E-state index is -5.18. The number of alkyl halides is 5. The first kappa shape index (κ1) is 19.8. The van der Waals surface area contributed by atoms with Gasteiger partial charge in [-0.05, 0) is 6.92 Å². The molecule has 0 saturated heterocycles. The standard InChI is InChI=1S/C10H14F5NO4S/c1-7(2)8(17)20-4-3-16-21(18,19)6-9(11,12)5-10(13,14)15/h16H,1,3-6H2,2H3. The van der Waals surface area contributed by atoms with E-state index in [9.17, 15) is 35.2 Å². The molecule has 0 radical (unpaired) electrons. The maximum atomic E-state index is 12.9. The second-order valence-corrected chi connectivity index (χ2v) is 6.02. The first-order valence-electron chi connectivity index (χ1n) is 5.49. The Bertz CT molecular complexity index is 486. The summed E-state index contributed by atoms with van der Waals surface area (Å²) in [6.07, 6.45) is -7.72. The summed E-state index contributed by atoms with van der Waals surface area (Å²) in [6, 6.07) is 0. The van der Waals surface area contributed by atoms with Gasteiger partial charge in [0.05, 0.1) is 0 Å². The summed E-state index contributed by atoms with van der Waals surface area (Å²) in [6.45, 7) is 3.58. The Labute approximate surface area is 118 Å². The van der Waals surface area contributed by atoms with Crippen LogP contribution in [0.4, 0.5) is 22.0 Å². The Kier molecular flexibility index (Phi) is 6.74. The monoisotopic (exact) mass is 339 g/mol. The van der Waals surface area contributed by atoms with Crippen molar-refractivity contribution in [3.05, 3.63) is 12.2 Å².